The van der Waals surface area contributed by atoms with Gasteiger partial charge in [-0.3, -0.25) is 0 Å². The lowest BCUT2D eigenvalue weighted by Gasteiger charge is -2.33. The highest BCUT2D eigenvalue weighted by Crippen LogP contribution is 2.26. The SMILES string of the molecule is OCCc1cn(C2CCN(c3cc(N4CCOCC4)ncn3)CC2)nn1. The van der Waals surface area contributed by atoms with Crippen LogP contribution in [-0.4, -0.2) is 76.1 Å². The quantitative estimate of drug-likeness (QED) is 0.814. The smallest absolute Gasteiger partial charge is 0.134 e. The van der Waals surface area contributed by atoms with Crippen molar-refractivity contribution < 1.29 is 9.84 Å². The fraction of sp³-hybridized carbons (Fsp3) is 0.647. The lowest BCUT2D eigenvalue weighted by molar-refractivity contribution is 0.122. The van der Waals surface area contributed by atoms with Crippen molar-refractivity contribution in [1.82, 2.24) is 25.0 Å². The largest absolute Gasteiger partial charge is 0.396 e. The number of piperidine rings is 1. The number of hydrogen-bond donors (Lipinski definition) is 1. The molecule has 4 heterocycles. The Hall–Kier alpha value is -2.26. The third-order valence-corrected chi connectivity index (χ3v) is 5.06. The van der Waals surface area contributed by atoms with Gasteiger partial charge in [0, 0.05) is 51.5 Å². The van der Waals surface area contributed by atoms with Crippen LogP contribution in [0.2, 0.25) is 0 Å². The van der Waals surface area contributed by atoms with Gasteiger partial charge in [-0.05, 0) is 12.8 Å². The van der Waals surface area contributed by atoms with E-state index in [2.05, 4.69) is 36.1 Å². The summed E-state index contributed by atoms with van der Waals surface area (Å²) in [5.41, 5.74) is 0.848. The van der Waals surface area contributed by atoms with Gasteiger partial charge in [0.05, 0.1) is 24.9 Å². The number of ether oxygens (including phenoxy) is 1. The maximum atomic E-state index is 9.01. The molecule has 0 spiro atoms. The molecule has 0 aliphatic carbocycles. The molecule has 0 aromatic carbocycles. The molecule has 2 aliphatic rings. The van der Waals surface area contributed by atoms with E-state index in [-0.39, 0.29) is 6.61 Å². The van der Waals surface area contributed by atoms with Crippen LogP contribution in [0, 0.1) is 0 Å². The number of nitrogens with zero attached hydrogens (tertiary/aromatic N) is 7. The van der Waals surface area contributed by atoms with E-state index in [1.165, 1.54) is 0 Å². The minimum absolute atomic E-state index is 0.107. The summed E-state index contributed by atoms with van der Waals surface area (Å²) < 4.78 is 7.36. The van der Waals surface area contributed by atoms with Crippen LogP contribution in [0.25, 0.3) is 0 Å². The van der Waals surface area contributed by atoms with E-state index >= 15 is 0 Å². The van der Waals surface area contributed by atoms with E-state index < -0.39 is 0 Å². The summed E-state index contributed by atoms with van der Waals surface area (Å²) in [4.78, 5) is 13.5. The van der Waals surface area contributed by atoms with Crippen molar-refractivity contribution in [1.29, 1.82) is 0 Å². The topological polar surface area (TPSA) is 92.4 Å². The number of aliphatic hydroxyl groups excluding tert-OH is 1. The summed E-state index contributed by atoms with van der Waals surface area (Å²) in [5.74, 6) is 1.96. The molecule has 2 aromatic rings. The van der Waals surface area contributed by atoms with Crippen molar-refractivity contribution in [2.75, 3.05) is 55.8 Å². The van der Waals surface area contributed by atoms with E-state index in [0.717, 1.165) is 69.6 Å². The molecule has 2 saturated heterocycles. The van der Waals surface area contributed by atoms with Crippen LogP contribution in [0.4, 0.5) is 11.6 Å². The highest BCUT2D eigenvalue weighted by Gasteiger charge is 2.23. The van der Waals surface area contributed by atoms with Crippen LogP contribution in [0.15, 0.2) is 18.6 Å². The zero-order chi connectivity index (χ0) is 17.8. The van der Waals surface area contributed by atoms with Gasteiger partial charge in [0.1, 0.15) is 18.0 Å². The monoisotopic (exact) mass is 359 g/mol. The Morgan fingerprint density at radius 1 is 1.04 bits per heavy atom. The van der Waals surface area contributed by atoms with E-state index in [1.54, 1.807) is 6.33 Å². The maximum absolute atomic E-state index is 9.01. The number of hydrogen-bond acceptors (Lipinski definition) is 8. The second kappa shape index (κ2) is 7.96. The van der Waals surface area contributed by atoms with Gasteiger partial charge in [0.15, 0.2) is 0 Å². The summed E-state index contributed by atoms with van der Waals surface area (Å²) in [6.45, 7) is 5.22. The molecule has 2 fully saturated rings. The van der Waals surface area contributed by atoms with E-state index in [1.807, 2.05) is 10.9 Å². The molecule has 0 unspecified atom stereocenters. The molecule has 0 radical (unpaired) electrons. The van der Waals surface area contributed by atoms with Gasteiger partial charge >= 0.3 is 0 Å². The fourth-order valence-electron chi connectivity index (χ4n) is 3.56. The molecule has 0 bridgehead atoms. The molecule has 140 valence electrons. The van der Waals surface area contributed by atoms with Crippen molar-refractivity contribution in [3.05, 3.63) is 24.3 Å². The molecule has 2 aliphatic heterocycles. The highest BCUT2D eigenvalue weighted by atomic mass is 16.5. The molecule has 9 nitrogen and oxygen atoms in total. The second-order valence-corrected chi connectivity index (χ2v) is 6.72. The van der Waals surface area contributed by atoms with Crippen molar-refractivity contribution in [3.8, 4) is 0 Å². The molecule has 2 aromatic heterocycles. The first-order valence-electron chi connectivity index (χ1n) is 9.25. The maximum Gasteiger partial charge on any atom is 0.134 e. The Labute approximate surface area is 152 Å². The van der Waals surface area contributed by atoms with Gasteiger partial charge < -0.3 is 19.6 Å². The number of aromatic nitrogens is 5. The Morgan fingerprint density at radius 3 is 2.42 bits per heavy atom. The van der Waals surface area contributed by atoms with E-state index in [9.17, 15) is 0 Å². The zero-order valence-corrected chi connectivity index (χ0v) is 14.9. The predicted molar refractivity (Wildman–Crippen MR) is 96.4 cm³/mol. The minimum Gasteiger partial charge on any atom is -0.396 e. The summed E-state index contributed by atoms with van der Waals surface area (Å²) >= 11 is 0. The highest BCUT2D eigenvalue weighted by molar-refractivity contribution is 5.50. The molecule has 0 atom stereocenters. The molecule has 1 N–H and O–H groups in total. The Balaban J connectivity index is 1.38. The van der Waals surface area contributed by atoms with Crippen LogP contribution in [0.3, 0.4) is 0 Å². The van der Waals surface area contributed by atoms with Gasteiger partial charge in [0.2, 0.25) is 0 Å². The Kier molecular flexibility index (Phi) is 5.26. The average molecular weight is 359 g/mol. The predicted octanol–water partition coefficient (Wildman–Crippen LogP) is 0.281. The average Bonchev–Trinajstić information content (AvgIpc) is 3.18. The number of morpholine rings is 1. The molecular weight excluding hydrogens is 334 g/mol. The first kappa shape index (κ1) is 17.2. The lowest BCUT2D eigenvalue weighted by Crippen LogP contribution is -2.38. The van der Waals surface area contributed by atoms with Gasteiger partial charge in [-0.1, -0.05) is 5.21 Å². The third kappa shape index (κ3) is 3.78. The molecule has 4 rings (SSSR count). The van der Waals surface area contributed by atoms with Gasteiger partial charge in [0.25, 0.3) is 0 Å². The molecular formula is C17H25N7O2. The normalized spacial score (nSPS) is 19.1. The zero-order valence-electron chi connectivity index (χ0n) is 14.9. The first-order chi connectivity index (χ1) is 12.8. The molecule has 0 saturated carbocycles. The molecule has 0 amide bonds. The summed E-state index contributed by atoms with van der Waals surface area (Å²) in [7, 11) is 0. The number of anilines is 2. The van der Waals surface area contributed by atoms with E-state index in [0.29, 0.717) is 12.5 Å². The van der Waals surface area contributed by atoms with Crippen molar-refractivity contribution in [3.63, 3.8) is 0 Å². The van der Waals surface area contributed by atoms with Crippen LogP contribution in [-0.2, 0) is 11.2 Å². The minimum atomic E-state index is 0.107. The first-order valence-corrected chi connectivity index (χ1v) is 9.25. The van der Waals surface area contributed by atoms with E-state index in [4.69, 9.17) is 9.84 Å². The lowest BCUT2D eigenvalue weighted by atomic mass is 10.1. The van der Waals surface area contributed by atoms with Crippen LogP contribution < -0.4 is 9.80 Å². The third-order valence-electron chi connectivity index (χ3n) is 5.06. The molecule has 9 heteroatoms. The summed E-state index contributed by atoms with van der Waals surface area (Å²) in [6, 6.07) is 2.44. The molecule has 26 heavy (non-hydrogen) atoms. The fourth-order valence-corrected chi connectivity index (χ4v) is 3.56. The summed E-state index contributed by atoms with van der Waals surface area (Å²) in [6.07, 6.45) is 6.17. The van der Waals surface area contributed by atoms with Crippen LogP contribution >= 0.6 is 0 Å². The van der Waals surface area contributed by atoms with Crippen LogP contribution in [0.1, 0.15) is 24.6 Å². The van der Waals surface area contributed by atoms with Gasteiger partial charge in [-0.25, -0.2) is 14.6 Å². The van der Waals surface area contributed by atoms with Gasteiger partial charge in [-0.15, -0.1) is 5.10 Å². The Morgan fingerprint density at radius 2 is 1.73 bits per heavy atom. The second-order valence-electron chi connectivity index (χ2n) is 6.72. The standard InChI is InChI=1S/C17H25N7O2/c25-8-3-14-12-24(21-20-14)15-1-4-22(5-2-15)16-11-17(19-13-18-16)23-6-9-26-10-7-23/h11-13,15,25H,1-10H2. The van der Waals surface area contributed by atoms with Gasteiger partial charge in [-0.2, -0.15) is 0 Å². The van der Waals surface area contributed by atoms with Crippen molar-refractivity contribution >= 4 is 11.6 Å². The van der Waals surface area contributed by atoms with Crippen LogP contribution in [0.5, 0.6) is 0 Å². The number of aliphatic hydroxyl groups is 1. The Bertz CT molecular complexity index is 709. The van der Waals surface area contributed by atoms with Crippen molar-refractivity contribution in [2.45, 2.75) is 25.3 Å². The number of rotatable bonds is 5. The van der Waals surface area contributed by atoms with Crippen molar-refractivity contribution in [2.24, 2.45) is 0 Å². The summed E-state index contributed by atoms with van der Waals surface area (Å²) in [5, 5.41) is 17.4.